The minimum atomic E-state index is -1.30. The summed E-state index contributed by atoms with van der Waals surface area (Å²) in [4.78, 5) is 0. The first kappa shape index (κ1) is 9.80. The lowest BCUT2D eigenvalue weighted by molar-refractivity contribution is 0.138. The number of methoxy groups -OCH3 is 1. The molecule has 0 spiro atoms. The maximum atomic E-state index is 12.1. The van der Waals surface area contributed by atoms with Gasteiger partial charge in [-0.2, -0.15) is 0 Å². The van der Waals surface area contributed by atoms with Gasteiger partial charge in [0.2, 0.25) is 0 Å². The van der Waals surface area contributed by atoms with Crippen LogP contribution >= 0.6 is 0 Å². The van der Waals surface area contributed by atoms with Gasteiger partial charge in [0.15, 0.2) is 0 Å². The van der Waals surface area contributed by atoms with E-state index in [1.807, 2.05) is 0 Å². The number of phenols is 1. The summed E-state index contributed by atoms with van der Waals surface area (Å²) < 4.78 is 16.9. The third kappa shape index (κ3) is 2.09. The second-order valence-corrected chi connectivity index (χ2v) is 2.59. The van der Waals surface area contributed by atoms with E-state index in [2.05, 4.69) is 0 Å². The molecule has 4 heteroatoms. The highest BCUT2D eigenvalue weighted by Crippen LogP contribution is 2.28. The zero-order valence-corrected chi connectivity index (χ0v) is 7.20. The highest BCUT2D eigenvalue weighted by atomic mass is 19.1. The molecule has 1 atom stereocenters. The highest BCUT2D eigenvalue weighted by Gasteiger charge is 2.12. The summed E-state index contributed by atoms with van der Waals surface area (Å²) in [5.41, 5.74) is 0.141. The number of ether oxygens (including phenoxy) is 1. The number of hydrogen-bond donors (Lipinski definition) is 2. The Balaban J connectivity index is 3.03. The molecule has 0 aliphatic carbocycles. The maximum Gasteiger partial charge on any atom is 0.121 e. The number of benzene rings is 1. The highest BCUT2D eigenvalue weighted by molar-refractivity contribution is 5.40. The Bertz CT molecular complexity index is 288. The number of halogens is 1. The molecule has 0 radical (unpaired) electrons. The largest absolute Gasteiger partial charge is 0.508 e. The van der Waals surface area contributed by atoms with E-state index in [1.165, 1.54) is 25.3 Å². The molecule has 72 valence electrons. The number of aromatic hydroxyl groups is 1. The van der Waals surface area contributed by atoms with E-state index in [4.69, 9.17) is 9.84 Å². The van der Waals surface area contributed by atoms with Crippen LogP contribution in [0.4, 0.5) is 4.39 Å². The van der Waals surface area contributed by atoms with Crippen molar-refractivity contribution < 1.29 is 19.3 Å². The van der Waals surface area contributed by atoms with Crippen LogP contribution in [0.5, 0.6) is 11.5 Å². The van der Waals surface area contributed by atoms with Crippen LogP contribution in [0.2, 0.25) is 0 Å². The summed E-state index contributed by atoms with van der Waals surface area (Å²) in [6.07, 6.45) is -1.30. The number of aliphatic hydroxyl groups is 1. The number of alkyl halides is 1. The van der Waals surface area contributed by atoms with E-state index in [0.717, 1.165) is 0 Å². The van der Waals surface area contributed by atoms with Gasteiger partial charge in [0.25, 0.3) is 0 Å². The van der Waals surface area contributed by atoms with Gasteiger partial charge in [-0.25, -0.2) is 4.39 Å². The van der Waals surface area contributed by atoms with E-state index in [-0.39, 0.29) is 11.3 Å². The van der Waals surface area contributed by atoms with Gasteiger partial charge in [0.05, 0.1) is 7.11 Å². The van der Waals surface area contributed by atoms with Crippen LogP contribution in [0, 0.1) is 0 Å². The lowest BCUT2D eigenvalue weighted by Crippen LogP contribution is -2.00. The van der Waals surface area contributed by atoms with Crippen LogP contribution in [0.15, 0.2) is 18.2 Å². The molecule has 0 saturated carbocycles. The molecule has 0 heterocycles. The lowest BCUT2D eigenvalue weighted by Gasteiger charge is -2.10. The Morgan fingerprint density at radius 3 is 2.77 bits per heavy atom. The van der Waals surface area contributed by atoms with Crippen LogP contribution in [0.1, 0.15) is 11.7 Å². The first-order valence-corrected chi connectivity index (χ1v) is 3.80. The molecular formula is C9H11FO3. The Morgan fingerprint density at radius 2 is 2.23 bits per heavy atom. The van der Waals surface area contributed by atoms with Crippen molar-refractivity contribution in [2.45, 2.75) is 6.10 Å². The van der Waals surface area contributed by atoms with Gasteiger partial charge in [0.1, 0.15) is 24.3 Å². The molecule has 0 bridgehead atoms. The standard InChI is InChI=1S/C9H11FO3/c1-13-6-2-3-8(11)7(4-6)9(12)5-10/h2-4,9,11-12H,5H2,1H3. The van der Waals surface area contributed by atoms with Gasteiger partial charge in [-0.15, -0.1) is 0 Å². The van der Waals surface area contributed by atoms with E-state index in [9.17, 15) is 9.50 Å². The fourth-order valence-electron chi connectivity index (χ4n) is 1.01. The Kier molecular flexibility index (Phi) is 3.08. The predicted molar refractivity (Wildman–Crippen MR) is 45.6 cm³/mol. The Labute approximate surface area is 75.4 Å². The number of hydrogen-bond acceptors (Lipinski definition) is 3. The van der Waals surface area contributed by atoms with Gasteiger partial charge in [-0.05, 0) is 18.2 Å². The summed E-state index contributed by atoms with van der Waals surface area (Å²) in [6.45, 7) is -0.930. The number of phenolic OH excluding ortho intramolecular Hbond substituents is 1. The van der Waals surface area contributed by atoms with Crippen molar-refractivity contribution in [2.75, 3.05) is 13.8 Å². The first-order valence-electron chi connectivity index (χ1n) is 3.80. The monoisotopic (exact) mass is 186 g/mol. The van der Waals surface area contributed by atoms with Crippen LogP contribution in [0.3, 0.4) is 0 Å². The molecule has 0 amide bonds. The smallest absolute Gasteiger partial charge is 0.121 e. The lowest BCUT2D eigenvalue weighted by atomic mass is 10.1. The van der Waals surface area contributed by atoms with Crippen molar-refractivity contribution in [1.29, 1.82) is 0 Å². The molecular weight excluding hydrogens is 175 g/mol. The van der Waals surface area contributed by atoms with Crippen molar-refractivity contribution in [1.82, 2.24) is 0 Å². The van der Waals surface area contributed by atoms with Crippen molar-refractivity contribution in [3.63, 3.8) is 0 Å². The molecule has 0 aliphatic rings. The van der Waals surface area contributed by atoms with Gasteiger partial charge < -0.3 is 14.9 Å². The van der Waals surface area contributed by atoms with E-state index in [1.54, 1.807) is 0 Å². The second-order valence-electron chi connectivity index (χ2n) is 2.59. The van der Waals surface area contributed by atoms with Crippen molar-refractivity contribution in [2.24, 2.45) is 0 Å². The van der Waals surface area contributed by atoms with E-state index in [0.29, 0.717) is 5.75 Å². The Morgan fingerprint density at radius 1 is 1.54 bits per heavy atom. The summed E-state index contributed by atoms with van der Waals surface area (Å²) in [7, 11) is 1.46. The normalized spacial score (nSPS) is 12.5. The number of aliphatic hydroxyl groups excluding tert-OH is 1. The molecule has 1 unspecified atom stereocenters. The Hall–Kier alpha value is -1.29. The van der Waals surface area contributed by atoms with Crippen LogP contribution in [0.25, 0.3) is 0 Å². The zero-order valence-electron chi connectivity index (χ0n) is 7.20. The minimum Gasteiger partial charge on any atom is -0.508 e. The molecule has 0 fully saturated rings. The van der Waals surface area contributed by atoms with Gasteiger partial charge >= 0.3 is 0 Å². The summed E-state index contributed by atoms with van der Waals surface area (Å²) in [5, 5.41) is 18.4. The quantitative estimate of drug-likeness (QED) is 0.750. The zero-order chi connectivity index (χ0) is 9.84. The topological polar surface area (TPSA) is 49.7 Å². The second kappa shape index (κ2) is 4.09. The fourth-order valence-corrected chi connectivity index (χ4v) is 1.01. The van der Waals surface area contributed by atoms with Gasteiger partial charge in [-0.3, -0.25) is 0 Å². The molecule has 13 heavy (non-hydrogen) atoms. The SMILES string of the molecule is COc1ccc(O)c(C(O)CF)c1. The average Bonchev–Trinajstić information content (AvgIpc) is 2.17. The molecule has 1 aromatic rings. The van der Waals surface area contributed by atoms with Crippen LogP contribution in [-0.4, -0.2) is 24.0 Å². The van der Waals surface area contributed by atoms with Crippen molar-refractivity contribution in [3.05, 3.63) is 23.8 Å². The van der Waals surface area contributed by atoms with Gasteiger partial charge in [0, 0.05) is 5.56 Å². The van der Waals surface area contributed by atoms with Crippen molar-refractivity contribution >= 4 is 0 Å². The average molecular weight is 186 g/mol. The van der Waals surface area contributed by atoms with Crippen LogP contribution in [-0.2, 0) is 0 Å². The molecule has 2 N–H and O–H groups in total. The molecule has 0 saturated heterocycles. The molecule has 3 nitrogen and oxygen atoms in total. The predicted octanol–water partition coefficient (Wildman–Crippen LogP) is 1.40. The minimum absolute atomic E-state index is 0.133. The molecule has 1 aromatic carbocycles. The summed E-state index contributed by atoms with van der Waals surface area (Å²) in [6, 6.07) is 4.29. The van der Waals surface area contributed by atoms with E-state index < -0.39 is 12.8 Å². The van der Waals surface area contributed by atoms with E-state index >= 15 is 0 Å². The third-order valence-electron chi connectivity index (χ3n) is 1.74. The number of rotatable bonds is 3. The summed E-state index contributed by atoms with van der Waals surface area (Å²) >= 11 is 0. The molecule has 1 rings (SSSR count). The third-order valence-corrected chi connectivity index (χ3v) is 1.74. The molecule has 0 aromatic heterocycles. The van der Waals surface area contributed by atoms with Crippen LogP contribution < -0.4 is 4.74 Å². The maximum absolute atomic E-state index is 12.1. The summed E-state index contributed by atoms with van der Waals surface area (Å²) in [5.74, 6) is 0.339. The van der Waals surface area contributed by atoms with Gasteiger partial charge in [-0.1, -0.05) is 0 Å². The fraction of sp³-hybridized carbons (Fsp3) is 0.333. The molecule has 0 aliphatic heterocycles. The van der Waals surface area contributed by atoms with Crippen molar-refractivity contribution in [3.8, 4) is 11.5 Å². The first-order chi connectivity index (χ1) is 6.19.